The van der Waals surface area contributed by atoms with Gasteiger partial charge in [0.05, 0.1) is 18.1 Å². The van der Waals surface area contributed by atoms with Crippen LogP contribution in [-0.2, 0) is 4.79 Å². The molecule has 4 heteroatoms. The van der Waals surface area contributed by atoms with Crippen LogP contribution >= 0.6 is 0 Å². The second-order valence-corrected chi connectivity index (χ2v) is 5.11. The molecule has 0 bridgehead atoms. The first kappa shape index (κ1) is 14.0. The average Bonchev–Trinajstić information content (AvgIpc) is 2.86. The summed E-state index contributed by atoms with van der Waals surface area (Å²) in [5.74, 6) is -0.0413. The Balaban J connectivity index is 2.12. The molecule has 19 heavy (non-hydrogen) atoms. The standard InChI is InChI=1S/C15H22N2O2/c1-3-12(11-7-5-4-6-8-11)15(19)17(2)13-9-16-10-14(13)18/h4-8,12-14,16,18H,3,9-10H2,1-2H3/t12?,13-,14-/m0/s1. The number of benzene rings is 1. The molecular formula is C15H22N2O2. The van der Waals surface area contributed by atoms with E-state index in [0.29, 0.717) is 13.1 Å². The first-order chi connectivity index (χ1) is 9.15. The van der Waals surface area contributed by atoms with Gasteiger partial charge in [0.15, 0.2) is 0 Å². The van der Waals surface area contributed by atoms with Gasteiger partial charge in [0.25, 0.3) is 0 Å². The molecule has 1 aromatic rings. The predicted octanol–water partition coefficient (Wildman–Crippen LogP) is 0.971. The summed E-state index contributed by atoms with van der Waals surface area (Å²) in [4.78, 5) is 14.3. The van der Waals surface area contributed by atoms with Crippen molar-refractivity contribution in [2.24, 2.45) is 0 Å². The lowest BCUT2D eigenvalue weighted by Gasteiger charge is -2.30. The van der Waals surface area contributed by atoms with Crippen LogP contribution in [0.25, 0.3) is 0 Å². The molecule has 1 heterocycles. The zero-order valence-electron chi connectivity index (χ0n) is 11.5. The highest BCUT2D eigenvalue weighted by molar-refractivity contribution is 5.83. The van der Waals surface area contributed by atoms with Gasteiger partial charge in [-0.3, -0.25) is 4.79 Å². The van der Waals surface area contributed by atoms with Gasteiger partial charge in [-0.1, -0.05) is 37.3 Å². The average molecular weight is 262 g/mol. The number of likely N-dealkylation sites (N-methyl/N-ethyl adjacent to an activating group) is 1. The molecule has 4 nitrogen and oxygen atoms in total. The molecule has 0 aromatic heterocycles. The van der Waals surface area contributed by atoms with Crippen molar-refractivity contribution in [2.45, 2.75) is 31.4 Å². The maximum Gasteiger partial charge on any atom is 0.230 e. The second kappa shape index (κ2) is 6.17. The fourth-order valence-corrected chi connectivity index (χ4v) is 2.69. The number of hydrogen-bond donors (Lipinski definition) is 2. The summed E-state index contributed by atoms with van der Waals surface area (Å²) in [5, 5.41) is 13.0. The van der Waals surface area contributed by atoms with E-state index in [1.807, 2.05) is 37.3 Å². The van der Waals surface area contributed by atoms with Gasteiger partial charge >= 0.3 is 0 Å². The quantitative estimate of drug-likeness (QED) is 0.850. The van der Waals surface area contributed by atoms with E-state index in [-0.39, 0.29) is 17.9 Å². The number of carbonyl (C=O) groups excluding carboxylic acids is 1. The fraction of sp³-hybridized carbons (Fsp3) is 0.533. The summed E-state index contributed by atoms with van der Waals surface area (Å²) in [6.45, 7) is 3.24. The number of carbonyl (C=O) groups is 1. The van der Waals surface area contributed by atoms with E-state index < -0.39 is 6.10 Å². The maximum atomic E-state index is 12.6. The van der Waals surface area contributed by atoms with Gasteiger partial charge in [-0.2, -0.15) is 0 Å². The third-order valence-electron chi connectivity index (χ3n) is 3.90. The number of nitrogens with one attached hydrogen (secondary N) is 1. The van der Waals surface area contributed by atoms with E-state index in [1.165, 1.54) is 0 Å². The lowest BCUT2D eigenvalue weighted by molar-refractivity contribution is -0.135. The molecule has 104 valence electrons. The highest BCUT2D eigenvalue weighted by Crippen LogP contribution is 2.23. The third-order valence-corrected chi connectivity index (χ3v) is 3.90. The number of aliphatic hydroxyl groups is 1. The minimum atomic E-state index is -0.470. The summed E-state index contributed by atoms with van der Waals surface area (Å²) in [7, 11) is 1.79. The Labute approximate surface area is 114 Å². The van der Waals surface area contributed by atoms with E-state index in [9.17, 15) is 9.90 Å². The zero-order valence-corrected chi connectivity index (χ0v) is 11.5. The van der Waals surface area contributed by atoms with Crippen molar-refractivity contribution >= 4 is 5.91 Å². The van der Waals surface area contributed by atoms with Gasteiger partial charge in [0, 0.05) is 20.1 Å². The number of β-amino-alcohol motifs (C(OH)–C–C–N with tert-alkyl or cyclic N) is 1. The lowest BCUT2D eigenvalue weighted by atomic mass is 9.94. The highest BCUT2D eigenvalue weighted by Gasteiger charge is 2.33. The molecule has 1 aliphatic heterocycles. The maximum absolute atomic E-state index is 12.6. The molecular weight excluding hydrogens is 240 g/mol. The van der Waals surface area contributed by atoms with E-state index in [1.54, 1.807) is 11.9 Å². The highest BCUT2D eigenvalue weighted by atomic mass is 16.3. The first-order valence-electron chi connectivity index (χ1n) is 6.85. The van der Waals surface area contributed by atoms with Gasteiger partial charge in [0.2, 0.25) is 5.91 Å². The number of amides is 1. The molecule has 1 fully saturated rings. The third kappa shape index (κ3) is 2.96. The molecule has 2 N–H and O–H groups in total. The van der Waals surface area contributed by atoms with Gasteiger partial charge in [-0.05, 0) is 12.0 Å². The Bertz CT molecular complexity index is 421. The Morgan fingerprint density at radius 2 is 2.11 bits per heavy atom. The summed E-state index contributed by atoms with van der Waals surface area (Å²) in [6.07, 6.45) is 0.297. The van der Waals surface area contributed by atoms with Crippen molar-refractivity contribution in [3.05, 3.63) is 35.9 Å². The Hall–Kier alpha value is -1.39. The van der Waals surface area contributed by atoms with Gasteiger partial charge in [0.1, 0.15) is 0 Å². The molecule has 0 radical (unpaired) electrons. The SMILES string of the molecule is CCC(C(=O)N(C)[C@H]1CNC[C@@H]1O)c1ccccc1. The van der Waals surface area contributed by atoms with Crippen LogP contribution in [0, 0.1) is 0 Å². The normalized spacial score (nSPS) is 24.2. The molecule has 1 unspecified atom stereocenters. The second-order valence-electron chi connectivity index (χ2n) is 5.11. The fourth-order valence-electron chi connectivity index (χ4n) is 2.69. The van der Waals surface area contributed by atoms with Crippen LogP contribution in [0.2, 0.25) is 0 Å². The largest absolute Gasteiger partial charge is 0.390 e. The van der Waals surface area contributed by atoms with E-state index in [0.717, 1.165) is 12.0 Å². The summed E-state index contributed by atoms with van der Waals surface area (Å²) in [5.41, 5.74) is 1.04. The summed E-state index contributed by atoms with van der Waals surface area (Å²) >= 11 is 0. The summed E-state index contributed by atoms with van der Waals surface area (Å²) in [6, 6.07) is 9.72. The molecule has 1 aliphatic rings. The zero-order chi connectivity index (χ0) is 13.8. The molecule has 3 atom stereocenters. The lowest BCUT2D eigenvalue weighted by Crippen LogP contribution is -2.46. The number of aliphatic hydroxyl groups excluding tert-OH is 1. The smallest absolute Gasteiger partial charge is 0.230 e. The molecule has 2 rings (SSSR count). The summed E-state index contributed by atoms with van der Waals surface area (Å²) < 4.78 is 0. The van der Waals surface area contributed by atoms with Crippen molar-refractivity contribution in [1.29, 1.82) is 0 Å². The number of nitrogens with zero attached hydrogens (tertiary/aromatic N) is 1. The van der Waals surface area contributed by atoms with Crippen LogP contribution in [-0.4, -0.2) is 48.2 Å². The Morgan fingerprint density at radius 1 is 1.42 bits per heavy atom. The topological polar surface area (TPSA) is 52.6 Å². The molecule has 0 spiro atoms. The van der Waals surface area contributed by atoms with Gasteiger partial charge in [-0.25, -0.2) is 0 Å². The first-order valence-corrected chi connectivity index (χ1v) is 6.85. The van der Waals surface area contributed by atoms with Crippen molar-refractivity contribution in [1.82, 2.24) is 10.2 Å². The Morgan fingerprint density at radius 3 is 2.63 bits per heavy atom. The van der Waals surface area contributed by atoms with Crippen molar-refractivity contribution in [2.75, 3.05) is 20.1 Å². The number of hydrogen-bond acceptors (Lipinski definition) is 3. The molecule has 1 aromatic carbocycles. The van der Waals surface area contributed by atoms with Crippen LogP contribution in [0.4, 0.5) is 0 Å². The van der Waals surface area contributed by atoms with Crippen molar-refractivity contribution < 1.29 is 9.90 Å². The van der Waals surface area contributed by atoms with E-state index in [2.05, 4.69) is 5.32 Å². The van der Waals surface area contributed by atoms with Crippen molar-refractivity contribution in [3.63, 3.8) is 0 Å². The van der Waals surface area contributed by atoms with Crippen LogP contribution in [0.15, 0.2) is 30.3 Å². The number of rotatable bonds is 4. The Kier molecular flexibility index (Phi) is 4.56. The minimum absolute atomic E-state index is 0.0847. The molecule has 0 saturated carbocycles. The van der Waals surface area contributed by atoms with Crippen molar-refractivity contribution in [3.8, 4) is 0 Å². The monoisotopic (exact) mass is 262 g/mol. The minimum Gasteiger partial charge on any atom is -0.390 e. The molecule has 1 amide bonds. The van der Waals surface area contributed by atoms with Crippen LogP contribution in [0.3, 0.4) is 0 Å². The predicted molar refractivity (Wildman–Crippen MR) is 74.9 cm³/mol. The van der Waals surface area contributed by atoms with Gasteiger partial charge in [-0.15, -0.1) is 0 Å². The van der Waals surface area contributed by atoms with E-state index >= 15 is 0 Å². The van der Waals surface area contributed by atoms with Crippen LogP contribution < -0.4 is 5.32 Å². The van der Waals surface area contributed by atoms with Crippen LogP contribution in [0.1, 0.15) is 24.8 Å². The van der Waals surface area contributed by atoms with Crippen LogP contribution in [0.5, 0.6) is 0 Å². The molecule has 1 saturated heterocycles. The van der Waals surface area contributed by atoms with E-state index in [4.69, 9.17) is 0 Å². The molecule has 0 aliphatic carbocycles. The van der Waals surface area contributed by atoms with Gasteiger partial charge < -0.3 is 15.3 Å².